The van der Waals surface area contributed by atoms with Crippen molar-refractivity contribution in [3.05, 3.63) is 64.6 Å². The molecule has 2 rings (SSSR count). The van der Waals surface area contributed by atoms with Crippen molar-refractivity contribution in [3.8, 4) is 0 Å². The Balaban J connectivity index is 2.02. The first-order chi connectivity index (χ1) is 14.0. The summed E-state index contributed by atoms with van der Waals surface area (Å²) in [6.45, 7) is 4.96. The van der Waals surface area contributed by atoms with Gasteiger partial charge in [-0.15, -0.1) is 11.8 Å². The SMILES string of the molecule is CCCCNC(=O)[C@H](C)N(Cc1ccc(Br)cc1)C(=O)CCSc1ccccc1. The fraction of sp³-hybridized carbons (Fsp3) is 0.391. The molecule has 0 aromatic heterocycles. The van der Waals surface area contributed by atoms with Gasteiger partial charge in [-0.2, -0.15) is 0 Å². The Morgan fingerprint density at radius 3 is 2.45 bits per heavy atom. The standard InChI is InChI=1S/C23H29BrN2O2S/c1-3-4-15-25-23(28)18(2)26(17-19-10-12-20(24)13-11-19)22(27)14-16-29-21-8-6-5-7-9-21/h5-13,18H,3-4,14-17H2,1-2H3,(H,25,28)/t18-/m0/s1. The van der Waals surface area contributed by atoms with Crippen LogP contribution in [0.4, 0.5) is 0 Å². The number of nitrogens with zero attached hydrogens (tertiary/aromatic N) is 1. The van der Waals surface area contributed by atoms with Crippen molar-refractivity contribution >= 4 is 39.5 Å². The number of carbonyl (C=O) groups is 2. The van der Waals surface area contributed by atoms with E-state index in [0.29, 0.717) is 25.3 Å². The van der Waals surface area contributed by atoms with E-state index in [-0.39, 0.29) is 11.8 Å². The maximum atomic E-state index is 13.0. The number of hydrogen-bond acceptors (Lipinski definition) is 3. The number of unbranched alkanes of at least 4 members (excludes halogenated alkanes) is 1. The second kappa shape index (κ2) is 12.7. The minimum atomic E-state index is -0.510. The third kappa shape index (κ3) is 8.23. The Bertz CT molecular complexity index is 768. The van der Waals surface area contributed by atoms with Crippen molar-refractivity contribution in [2.24, 2.45) is 0 Å². The molecule has 0 saturated heterocycles. The van der Waals surface area contributed by atoms with Crippen LogP contribution in [0.15, 0.2) is 64.0 Å². The molecular formula is C23H29BrN2O2S. The lowest BCUT2D eigenvalue weighted by Crippen LogP contribution is -2.47. The zero-order valence-corrected chi connectivity index (χ0v) is 19.5. The second-order valence-corrected chi connectivity index (χ2v) is 8.96. The van der Waals surface area contributed by atoms with Gasteiger partial charge in [0, 0.05) is 34.6 Å². The van der Waals surface area contributed by atoms with Crippen LogP contribution in [-0.2, 0) is 16.1 Å². The predicted molar refractivity (Wildman–Crippen MR) is 124 cm³/mol. The van der Waals surface area contributed by atoms with Crippen LogP contribution in [0.2, 0.25) is 0 Å². The summed E-state index contributed by atoms with van der Waals surface area (Å²) in [6, 6.07) is 17.4. The largest absolute Gasteiger partial charge is 0.354 e. The molecule has 0 heterocycles. The van der Waals surface area contributed by atoms with Gasteiger partial charge in [-0.05, 0) is 43.2 Å². The minimum Gasteiger partial charge on any atom is -0.354 e. The van der Waals surface area contributed by atoms with Gasteiger partial charge in [0.15, 0.2) is 0 Å². The molecule has 0 saturated carbocycles. The van der Waals surface area contributed by atoms with Crippen molar-refractivity contribution in [3.63, 3.8) is 0 Å². The monoisotopic (exact) mass is 476 g/mol. The highest BCUT2D eigenvalue weighted by atomic mass is 79.9. The normalized spacial score (nSPS) is 11.7. The van der Waals surface area contributed by atoms with Crippen molar-refractivity contribution in [1.82, 2.24) is 10.2 Å². The molecular weight excluding hydrogens is 448 g/mol. The average Bonchev–Trinajstić information content (AvgIpc) is 2.73. The van der Waals surface area contributed by atoms with Gasteiger partial charge in [-0.1, -0.05) is 59.6 Å². The summed E-state index contributed by atoms with van der Waals surface area (Å²) in [5, 5.41) is 2.95. The van der Waals surface area contributed by atoms with E-state index in [2.05, 4.69) is 28.2 Å². The quantitative estimate of drug-likeness (QED) is 0.355. The smallest absolute Gasteiger partial charge is 0.242 e. The van der Waals surface area contributed by atoms with Gasteiger partial charge in [0.05, 0.1) is 0 Å². The summed E-state index contributed by atoms with van der Waals surface area (Å²) in [5.41, 5.74) is 1.01. The Kier molecular flexibility index (Phi) is 10.3. The van der Waals surface area contributed by atoms with Gasteiger partial charge in [0.2, 0.25) is 11.8 Å². The fourth-order valence-electron chi connectivity index (χ4n) is 2.82. The fourth-order valence-corrected chi connectivity index (χ4v) is 3.95. The number of amides is 2. The predicted octanol–water partition coefficient (Wildman–Crippen LogP) is 5.26. The molecule has 6 heteroatoms. The molecule has 4 nitrogen and oxygen atoms in total. The van der Waals surface area contributed by atoms with E-state index in [1.165, 1.54) is 0 Å². The van der Waals surface area contributed by atoms with Crippen LogP contribution >= 0.6 is 27.7 Å². The van der Waals surface area contributed by atoms with Gasteiger partial charge in [-0.25, -0.2) is 0 Å². The summed E-state index contributed by atoms with van der Waals surface area (Å²) >= 11 is 5.09. The second-order valence-electron chi connectivity index (χ2n) is 6.88. The van der Waals surface area contributed by atoms with E-state index in [0.717, 1.165) is 27.8 Å². The lowest BCUT2D eigenvalue weighted by atomic mass is 10.1. The van der Waals surface area contributed by atoms with Gasteiger partial charge >= 0.3 is 0 Å². The molecule has 29 heavy (non-hydrogen) atoms. The highest BCUT2D eigenvalue weighted by Gasteiger charge is 2.25. The molecule has 0 fully saturated rings. The Morgan fingerprint density at radius 2 is 1.79 bits per heavy atom. The third-order valence-electron chi connectivity index (χ3n) is 4.59. The molecule has 0 aliphatic rings. The number of thioether (sulfide) groups is 1. The van der Waals surface area contributed by atoms with Gasteiger partial charge in [-0.3, -0.25) is 9.59 Å². The molecule has 0 unspecified atom stereocenters. The lowest BCUT2D eigenvalue weighted by Gasteiger charge is -2.29. The first-order valence-electron chi connectivity index (χ1n) is 10.0. The molecule has 0 aliphatic carbocycles. The van der Waals surface area contributed by atoms with Gasteiger partial charge in [0.1, 0.15) is 6.04 Å². The van der Waals surface area contributed by atoms with E-state index >= 15 is 0 Å². The van der Waals surface area contributed by atoms with Crippen molar-refractivity contribution in [1.29, 1.82) is 0 Å². The molecule has 156 valence electrons. The molecule has 2 aromatic rings. The van der Waals surface area contributed by atoms with Crippen LogP contribution in [0, 0.1) is 0 Å². The zero-order valence-electron chi connectivity index (χ0n) is 17.1. The molecule has 0 bridgehead atoms. The summed E-state index contributed by atoms with van der Waals surface area (Å²) in [7, 11) is 0. The summed E-state index contributed by atoms with van der Waals surface area (Å²) in [5.74, 6) is 0.582. The van der Waals surface area contributed by atoms with Crippen molar-refractivity contribution in [2.45, 2.75) is 50.6 Å². The molecule has 2 aromatic carbocycles. The van der Waals surface area contributed by atoms with Gasteiger partial charge < -0.3 is 10.2 Å². The number of nitrogens with one attached hydrogen (secondary N) is 1. The van der Waals surface area contributed by atoms with E-state index in [4.69, 9.17) is 0 Å². The highest BCUT2D eigenvalue weighted by Crippen LogP contribution is 2.20. The number of halogens is 1. The van der Waals surface area contributed by atoms with E-state index in [1.54, 1.807) is 16.7 Å². The third-order valence-corrected chi connectivity index (χ3v) is 6.13. The molecule has 0 radical (unpaired) electrons. The molecule has 0 aliphatic heterocycles. The zero-order chi connectivity index (χ0) is 21.1. The van der Waals surface area contributed by atoms with E-state index in [1.807, 2.05) is 61.5 Å². The van der Waals surface area contributed by atoms with Crippen LogP contribution in [-0.4, -0.2) is 35.1 Å². The van der Waals surface area contributed by atoms with Gasteiger partial charge in [0.25, 0.3) is 0 Å². The maximum absolute atomic E-state index is 13.0. The van der Waals surface area contributed by atoms with Crippen LogP contribution in [0.5, 0.6) is 0 Å². The molecule has 2 amide bonds. The Labute approximate surface area is 186 Å². The number of rotatable bonds is 11. The van der Waals surface area contributed by atoms with Crippen LogP contribution < -0.4 is 5.32 Å². The summed E-state index contributed by atoms with van der Waals surface area (Å²) in [6.07, 6.45) is 2.35. The van der Waals surface area contributed by atoms with Crippen molar-refractivity contribution in [2.75, 3.05) is 12.3 Å². The Morgan fingerprint density at radius 1 is 1.10 bits per heavy atom. The van der Waals surface area contributed by atoms with Crippen LogP contribution in [0.3, 0.4) is 0 Å². The van der Waals surface area contributed by atoms with E-state index < -0.39 is 6.04 Å². The average molecular weight is 477 g/mol. The van der Waals surface area contributed by atoms with Crippen molar-refractivity contribution < 1.29 is 9.59 Å². The number of hydrogen-bond donors (Lipinski definition) is 1. The first-order valence-corrected chi connectivity index (χ1v) is 11.8. The number of carbonyl (C=O) groups excluding carboxylic acids is 2. The summed E-state index contributed by atoms with van der Waals surface area (Å²) < 4.78 is 0.990. The Hall–Kier alpha value is -1.79. The van der Waals surface area contributed by atoms with Crippen LogP contribution in [0.25, 0.3) is 0 Å². The summed E-state index contributed by atoms with van der Waals surface area (Å²) in [4.78, 5) is 28.4. The van der Waals surface area contributed by atoms with E-state index in [9.17, 15) is 9.59 Å². The topological polar surface area (TPSA) is 49.4 Å². The lowest BCUT2D eigenvalue weighted by molar-refractivity contribution is -0.140. The molecule has 1 N–H and O–H groups in total. The molecule has 1 atom stereocenters. The maximum Gasteiger partial charge on any atom is 0.242 e. The minimum absolute atomic E-state index is 0.00510. The number of benzene rings is 2. The first kappa shape index (κ1) is 23.5. The van der Waals surface area contributed by atoms with Crippen LogP contribution in [0.1, 0.15) is 38.7 Å². The molecule has 0 spiro atoms. The highest BCUT2D eigenvalue weighted by molar-refractivity contribution is 9.10.